The molecule has 114 valence electrons. The summed E-state index contributed by atoms with van der Waals surface area (Å²) in [5.74, 6) is 0.543. The second-order valence-corrected chi connectivity index (χ2v) is 6.06. The predicted octanol–water partition coefficient (Wildman–Crippen LogP) is 2.87. The fourth-order valence-corrected chi connectivity index (χ4v) is 1.91. The van der Waals surface area contributed by atoms with Crippen molar-refractivity contribution in [1.29, 1.82) is 0 Å². The van der Waals surface area contributed by atoms with Crippen molar-refractivity contribution in [2.24, 2.45) is 0 Å². The standard InChI is InChI=1S/C17H30N2O/c1-14(2)18-12-15(3)17-8-6-16(7-9-17)13-20-11-10-19(4)5/h6-9,14-15,18H,10-13H2,1-5H3. The van der Waals surface area contributed by atoms with Crippen LogP contribution >= 0.6 is 0 Å². The second kappa shape index (κ2) is 9.11. The van der Waals surface area contributed by atoms with Crippen LogP contribution in [-0.4, -0.2) is 44.7 Å². The molecule has 0 fully saturated rings. The molecule has 0 saturated heterocycles. The maximum absolute atomic E-state index is 5.66. The van der Waals surface area contributed by atoms with E-state index >= 15 is 0 Å². The number of benzene rings is 1. The van der Waals surface area contributed by atoms with Crippen molar-refractivity contribution in [1.82, 2.24) is 10.2 Å². The molecule has 1 atom stereocenters. The Morgan fingerprint density at radius 2 is 1.75 bits per heavy atom. The minimum Gasteiger partial charge on any atom is -0.375 e. The summed E-state index contributed by atoms with van der Waals surface area (Å²) in [5, 5.41) is 3.48. The molecule has 1 unspecified atom stereocenters. The third-order valence-electron chi connectivity index (χ3n) is 3.33. The van der Waals surface area contributed by atoms with Crippen LogP contribution in [0.15, 0.2) is 24.3 Å². The third kappa shape index (κ3) is 7.04. The summed E-state index contributed by atoms with van der Waals surface area (Å²) in [6, 6.07) is 9.34. The Hall–Kier alpha value is -0.900. The molecule has 0 aromatic heterocycles. The van der Waals surface area contributed by atoms with Gasteiger partial charge in [0.2, 0.25) is 0 Å². The van der Waals surface area contributed by atoms with E-state index in [1.165, 1.54) is 11.1 Å². The van der Waals surface area contributed by atoms with Crippen LogP contribution in [0.2, 0.25) is 0 Å². The SMILES string of the molecule is CC(C)NCC(C)c1ccc(COCCN(C)C)cc1. The molecular weight excluding hydrogens is 248 g/mol. The lowest BCUT2D eigenvalue weighted by Gasteiger charge is -2.16. The minimum absolute atomic E-state index is 0.543. The number of likely N-dealkylation sites (N-methyl/N-ethyl adjacent to an activating group) is 1. The maximum Gasteiger partial charge on any atom is 0.0717 e. The summed E-state index contributed by atoms with van der Waals surface area (Å²) in [4.78, 5) is 2.13. The van der Waals surface area contributed by atoms with E-state index in [1.54, 1.807) is 0 Å². The molecule has 0 bridgehead atoms. The molecule has 0 spiro atoms. The smallest absolute Gasteiger partial charge is 0.0717 e. The van der Waals surface area contributed by atoms with E-state index in [1.807, 2.05) is 0 Å². The molecular formula is C17H30N2O. The van der Waals surface area contributed by atoms with Crippen LogP contribution < -0.4 is 5.32 Å². The van der Waals surface area contributed by atoms with Gasteiger partial charge in [-0.25, -0.2) is 0 Å². The second-order valence-electron chi connectivity index (χ2n) is 6.06. The topological polar surface area (TPSA) is 24.5 Å². The van der Waals surface area contributed by atoms with E-state index in [2.05, 4.69) is 69.3 Å². The highest BCUT2D eigenvalue weighted by Crippen LogP contribution is 2.15. The molecule has 3 nitrogen and oxygen atoms in total. The molecule has 1 aromatic carbocycles. The zero-order valence-corrected chi connectivity index (χ0v) is 13.6. The Morgan fingerprint density at radius 3 is 2.30 bits per heavy atom. The van der Waals surface area contributed by atoms with Crippen molar-refractivity contribution in [2.45, 2.75) is 39.3 Å². The molecule has 0 aliphatic carbocycles. The zero-order chi connectivity index (χ0) is 15.0. The van der Waals surface area contributed by atoms with Gasteiger partial charge in [-0.3, -0.25) is 0 Å². The first-order valence-corrected chi connectivity index (χ1v) is 7.53. The lowest BCUT2D eigenvalue weighted by molar-refractivity contribution is 0.105. The van der Waals surface area contributed by atoms with Gasteiger partial charge in [-0.1, -0.05) is 45.0 Å². The van der Waals surface area contributed by atoms with Gasteiger partial charge in [-0.2, -0.15) is 0 Å². The Morgan fingerprint density at radius 1 is 1.10 bits per heavy atom. The number of hydrogen-bond acceptors (Lipinski definition) is 3. The van der Waals surface area contributed by atoms with Crippen molar-refractivity contribution >= 4 is 0 Å². The van der Waals surface area contributed by atoms with Gasteiger partial charge < -0.3 is 15.0 Å². The van der Waals surface area contributed by atoms with Crippen molar-refractivity contribution in [3.05, 3.63) is 35.4 Å². The molecule has 1 rings (SSSR count). The van der Waals surface area contributed by atoms with Gasteiger partial charge in [0.15, 0.2) is 0 Å². The fraction of sp³-hybridized carbons (Fsp3) is 0.647. The first kappa shape index (κ1) is 17.2. The van der Waals surface area contributed by atoms with Gasteiger partial charge in [0.25, 0.3) is 0 Å². The third-order valence-corrected chi connectivity index (χ3v) is 3.33. The predicted molar refractivity (Wildman–Crippen MR) is 86.2 cm³/mol. The summed E-state index contributed by atoms with van der Waals surface area (Å²) in [5.41, 5.74) is 2.63. The van der Waals surface area contributed by atoms with Crippen LogP contribution in [0.4, 0.5) is 0 Å². The van der Waals surface area contributed by atoms with Crippen LogP contribution in [0.5, 0.6) is 0 Å². The molecule has 0 radical (unpaired) electrons. The Kier molecular flexibility index (Phi) is 7.82. The Bertz CT molecular complexity index is 360. The Labute approximate surface area is 124 Å². The van der Waals surface area contributed by atoms with Crippen LogP contribution in [0.25, 0.3) is 0 Å². The summed E-state index contributed by atoms with van der Waals surface area (Å²) < 4.78 is 5.66. The molecule has 0 heterocycles. The van der Waals surface area contributed by atoms with Crippen molar-refractivity contribution in [3.8, 4) is 0 Å². The monoisotopic (exact) mass is 278 g/mol. The van der Waals surface area contributed by atoms with Crippen LogP contribution in [0, 0.1) is 0 Å². The van der Waals surface area contributed by atoms with E-state index < -0.39 is 0 Å². The van der Waals surface area contributed by atoms with Crippen LogP contribution in [-0.2, 0) is 11.3 Å². The maximum atomic E-state index is 5.66. The van der Waals surface area contributed by atoms with E-state index in [4.69, 9.17) is 4.74 Å². The quantitative estimate of drug-likeness (QED) is 0.703. The fourth-order valence-electron chi connectivity index (χ4n) is 1.91. The van der Waals surface area contributed by atoms with Crippen LogP contribution in [0.3, 0.4) is 0 Å². The number of nitrogens with zero attached hydrogens (tertiary/aromatic N) is 1. The summed E-state index contributed by atoms with van der Waals surface area (Å²) in [6.45, 7) is 10.1. The largest absolute Gasteiger partial charge is 0.375 e. The number of ether oxygens (including phenoxy) is 1. The van der Waals surface area contributed by atoms with Gasteiger partial charge in [0.1, 0.15) is 0 Å². The minimum atomic E-state index is 0.543. The average molecular weight is 278 g/mol. The zero-order valence-electron chi connectivity index (χ0n) is 13.6. The first-order valence-electron chi connectivity index (χ1n) is 7.53. The molecule has 0 aliphatic rings. The molecule has 3 heteroatoms. The van der Waals surface area contributed by atoms with Crippen molar-refractivity contribution in [2.75, 3.05) is 33.8 Å². The van der Waals surface area contributed by atoms with E-state index in [9.17, 15) is 0 Å². The molecule has 20 heavy (non-hydrogen) atoms. The highest BCUT2D eigenvalue weighted by molar-refractivity contribution is 5.24. The molecule has 0 saturated carbocycles. The average Bonchev–Trinajstić information content (AvgIpc) is 2.41. The van der Waals surface area contributed by atoms with E-state index in [-0.39, 0.29) is 0 Å². The number of hydrogen-bond donors (Lipinski definition) is 1. The Balaban J connectivity index is 2.35. The summed E-state index contributed by atoms with van der Waals surface area (Å²) in [7, 11) is 4.12. The highest BCUT2D eigenvalue weighted by Gasteiger charge is 2.06. The summed E-state index contributed by atoms with van der Waals surface area (Å²) in [6.07, 6.45) is 0. The number of rotatable bonds is 9. The molecule has 0 amide bonds. The van der Waals surface area contributed by atoms with Gasteiger partial charge in [0.05, 0.1) is 13.2 Å². The first-order chi connectivity index (χ1) is 9.49. The molecule has 0 aliphatic heterocycles. The van der Waals surface area contributed by atoms with Crippen LogP contribution in [0.1, 0.15) is 37.8 Å². The highest BCUT2D eigenvalue weighted by atomic mass is 16.5. The normalized spacial score (nSPS) is 13.2. The lowest BCUT2D eigenvalue weighted by atomic mass is 9.99. The van der Waals surface area contributed by atoms with Gasteiger partial charge in [-0.15, -0.1) is 0 Å². The molecule has 1 aromatic rings. The molecule has 1 N–H and O–H groups in total. The van der Waals surface area contributed by atoms with E-state index in [0.29, 0.717) is 18.6 Å². The van der Waals surface area contributed by atoms with Gasteiger partial charge in [0, 0.05) is 19.1 Å². The van der Waals surface area contributed by atoms with Gasteiger partial charge >= 0.3 is 0 Å². The summed E-state index contributed by atoms with van der Waals surface area (Å²) >= 11 is 0. The van der Waals surface area contributed by atoms with Gasteiger partial charge in [-0.05, 0) is 31.1 Å². The van der Waals surface area contributed by atoms with Crippen molar-refractivity contribution < 1.29 is 4.74 Å². The lowest BCUT2D eigenvalue weighted by Crippen LogP contribution is -2.26. The van der Waals surface area contributed by atoms with Crippen molar-refractivity contribution in [3.63, 3.8) is 0 Å². The van der Waals surface area contributed by atoms with E-state index in [0.717, 1.165) is 19.7 Å². The number of nitrogens with one attached hydrogen (secondary N) is 1.